The van der Waals surface area contributed by atoms with Crippen LogP contribution in [0.1, 0.15) is 17.5 Å². The van der Waals surface area contributed by atoms with E-state index in [1.54, 1.807) is 0 Å². The molecule has 0 unspecified atom stereocenters. The monoisotopic (exact) mass is 364 g/mol. The first-order valence-corrected chi connectivity index (χ1v) is 9.66. The van der Waals surface area contributed by atoms with E-state index in [-0.39, 0.29) is 18.9 Å². The van der Waals surface area contributed by atoms with Gasteiger partial charge in [-0.2, -0.15) is 0 Å². The first-order valence-electron chi connectivity index (χ1n) is 7.81. The van der Waals surface area contributed by atoms with E-state index in [1.807, 2.05) is 31.2 Å². The van der Waals surface area contributed by atoms with E-state index in [0.29, 0.717) is 12.2 Å². The van der Waals surface area contributed by atoms with E-state index >= 15 is 0 Å². The summed E-state index contributed by atoms with van der Waals surface area (Å²) in [6, 6.07) is 12.9. The van der Waals surface area contributed by atoms with Gasteiger partial charge in [-0.1, -0.05) is 29.8 Å². The van der Waals surface area contributed by atoms with Gasteiger partial charge in [0.05, 0.1) is 11.9 Å². The molecule has 0 aliphatic rings. The lowest BCUT2D eigenvalue weighted by Crippen LogP contribution is -2.34. The first kappa shape index (κ1) is 18.9. The lowest BCUT2D eigenvalue weighted by molar-refractivity contribution is -0.121. The Kier molecular flexibility index (Phi) is 6.14. The van der Waals surface area contributed by atoms with Crippen LogP contribution >= 0.6 is 0 Å². The fraction of sp³-hybridized carbons (Fsp3) is 0.278. The summed E-state index contributed by atoms with van der Waals surface area (Å²) in [5, 5.41) is 2.77. The van der Waals surface area contributed by atoms with Crippen LogP contribution in [0.25, 0.3) is 0 Å². The summed E-state index contributed by atoms with van der Waals surface area (Å²) >= 11 is 0. The molecule has 0 radical (unpaired) electrons. The highest BCUT2D eigenvalue weighted by Crippen LogP contribution is 2.18. The smallest absolute Gasteiger partial charge is 0.232 e. The third-order valence-corrected chi connectivity index (χ3v) is 4.86. The molecule has 1 amide bonds. The minimum atomic E-state index is -3.57. The van der Waals surface area contributed by atoms with Crippen LogP contribution in [0.5, 0.6) is 0 Å². The van der Waals surface area contributed by atoms with Gasteiger partial charge >= 0.3 is 0 Å². The number of carbonyl (C=O) groups is 1. The normalized spacial score (nSPS) is 11.2. The Morgan fingerprint density at radius 1 is 1.08 bits per heavy atom. The van der Waals surface area contributed by atoms with Crippen molar-refractivity contribution >= 4 is 21.6 Å². The van der Waals surface area contributed by atoms with Crippen LogP contribution < -0.4 is 9.62 Å². The van der Waals surface area contributed by atoms with Gasteiger partial charge in [0, 0.05) is 19.5 Å². The van der Waals surface area contributed by atoms with Crippen molar-refractivity contribution in [3.63, 3.8) is 0 Å². The lowest BCUT2D eigenvalue weighted by Gasteiger charge is -2.22. The predicted octanol–water partition coefficient (Wildman–Crippen LogP) is 2.61. The van der Waals surface area contributed by atoms with Crippen molar-refractivity contribution in [3.05, 3.63) is 65.5 Å². The molecular weight excluding hydrogens is 343 g/mol. The van der Waals surface area contributed by atoms with E-state index in [2.05, 4.69) is 5.32 Å². The lowest BCUT2D eigenvalue weighted by atomic mass is 10.1. The van der Waals surface area contributed by atoms with Crippen LogP contribution in [0.3, 0.4) is 0 Å². The van der Waals surface area contributed by atoms with Crippen LogP contribution in [-0.4, -0.2) is 27.1 Å². The Labute approximate surface area is 147 Å². The van der Waals surface area contributed by atoms with Crippen LogP contribution in [0.15, 0.2) is 48.5 Å². The van der Waals surface area contributed by atoms with Crippen molar-refractivity contribution in [3.8, 4) is 0 Å². The fourth-order valence-corrected chi connectivity index (χ4v) is 3.22. The maximum atomic E-state index is 13.0. The molecule has 2 aromatic carbocycles. The minimum absolute atomic E-state index is 0.00973. The van der Waals surface area contributed by atoms with E-state index in [0.717, 1.165) is 21.7 Å². The molecule has 0 aliphatic carbocycles. The number of carbonyl (C=O) groups excluding carboxylic acids is 1. The van der Waals surface area contributed by atoms with Crippen molar-refractivity contribution in [2.24, 2.45) is 0 Å². The van der Waals surface area contributed by atoms with E-state index < -0.39 is 15.8 Å². The number of hydrogen-bond donors (Lipinski definition) is 1. The molecule has 0 bridgehead atoms. The van der Waals surface area contributed by atoms with Crippen molar-refractivity contribution in [2.75, 3.05) is 17.1 Å². The predicted molar refractivity (Wildman–Crippen MR) is 96.2 cm³/mol. The van der Waals surface area contributed by atoms with Gasteiger partial charge in [0.25, 0.3) is 0 Å². The van der Waals surface area contributed by atoms with Gasteiger partial charge in [0.1, 0.15) is 5.82 Å². The van der Waals surface area contributed by atoms with Gasteiger partial charge in [-0.3, -0.25) is 9.10 Å². The Balaban J connectivity index is 1.94. The molecule has 0 saturated heterocycles. The van der Waals surface area contributed by atoms with Gasteiger partial charge in [-0.05, 0) is 36.8 Å². The van der Waals surface area contributed by atoms with Gasteiger partial charge in [-0.25, -0.2) is 12.8 Å². The Hall–Kier alpha value is -2.41. The summed E-state index contributed by atoms with van der Waals surface area (Å²) in [6.07, 6.45) is 1.07. The highest BCUT2D eigenvalue weighted by Gasteiger charge is 2.18. The van der Waals surface area contributed by atoms with E-state index in [9.17, 15) is 17.6 Å². The SMILES string of the molecule is Cc1ccc(CNC(=O)CCN(c2ccc(F)cc2)S(C)(=O)=O)cc1. The topological polar surface area (TPSA) is 66.5 Å². The number of benzene rings is 2. The standard InChI is InChI=1S/C18H21FN2O3S/c1-14-3-5-15(6-4-14)13-20-18(22)11-12-21(25(2,23)24)17-9-7-16(19)8-10-17/h3-10H,11-13H2,1-2H3,(H,20,22). The minimum Gasteiger partial charge on any atom is -0.352 e. The molecule has 0 saturated carbocycles. The average Bonchev–Trinajstić information content (AvgIpc) is 2.55. The van der Waals surface area contributed by atoms with E-state index in [1.165, 1.54) is 24.3 Å². The highest BCUT2D eigenvalue weighted by molar-refractivity contribution is 7.92. The number of rotatable bonds is 7. The molecule has 0 fully saturated rings. The first-order chi connectivity index (χ1) is 11.8. The quantitative estimate of drug-likeness (QED) is 0.821. The largest absolute Gasteiger partial charge is 0.352 e. The second-order valence-electron chi connectivity index (χ2n) is 5.82. The maximum absolute atomic E-state index is 13.0. The molecule has 25 heavy (non-hydrogen) atoms. The molecule has 0 spiro atoms. The zero-order chi connectivity index (χ0) is 18.4. The van der Waals surface area contributed by atoms with Crippen LogP contribution in [0.4, 0.5) is 10.1 Å². The summed E-state index contributed by atoms with van der Waals surface area (Å²) in [4.78, 5) is 12.0. The number of halogens is 1. The van der Waals surface area contributed by atoms with Gasteiger partial charge < -0.3 is 5.32 Å². The van der Waals surface area contributed by atoms with Crippen molar-refractivity contribution in [1.29, 1.82) is 0 Å². The maximum Gasteiger partial charge on any atom is 0.232 e. The van der Waals surface area contributed by atoms with Gasteiger partial charge in [0.2, 0.25) is 15.9 Å². The van der Waals surface area contributed by atoms with Crippen molar-refractivity contribution < 1.29 is 17.6 Å². The van der Waals surface area contributed by atoms with E-state index in [4.69, 9.17) is 0 Å². The number of aryl methyl sites for hydroxylation is 1. The number of nitrogens with zero attached hydrogens (tertiary/aromatic N) is 1. The zero-order valence-corrected chi connectivity index (χ0v) is 15.0. The molecule has 0 aromatic heterocycles. The van der Waals surface area contributed by atoms with Crippen molar-refractivity contribution in [2.45, 2.75) is 19.9 Å². The summed E-state index contributed by atoms with van der Waals surface area (Å²) in [5.41, 5.74) is 2.44. The second-order valence-corrected chi connectivity index (χ2v) is 7.73. The Morgan fingerprint density at radius 2 is 1.68 bits per heavy atom. The number of sulfonamides is 1. The van der Waals surface area contributed by atoms with Crippen LogP contribution in [0, 0.1) is 12.7 Å². The molecule has 5 nitrogen and oxygen atoms in total. The number of nitrogens with one attached hydrogen (secondary N) is 1. The summed E-state index contributed by atoms with van der Waals surface area (Å²) in [7, 11) is -3.57. The molecule has 2 rings (SSSR count). The summed E-state index contributed by atoms with van der Waals surface area (Å²) < 4.78 is 38.0. The molecule has 1 N–H and O–H groups in total. The molecule has 0 aliphatic heterocycles. The number of anilines is 1. The average molecular weight is 364 g/mol. The third-order valence-electron chi connectivity index (χ3n) is 3.67. The highest BCUT2D eigenvalue weighted by atomic mass is 32.2. The number of amides is 1. The second kappa shape index (κ2) is 8.11. The van der Waals surface area contributed by atoms with Crippen LogP contribution in [0.2, 0.25) is 0 Å². The van der Waals surface area contributed by atoms with Crippen LogP contribution in [-0.2, 0) is 21.4 Å². The molecule has 0 heterocycles. The fourth-order valence-electron chi connectivity index (χ4n) is 2.29. The van der Waals surface area contributed by atoms with Gasteiger partial charge in [0.15, 0.2) is 0 Å². The van der Waals surface area contributed by atoms with Gasteiger partial charge in [-0.15, -0.1) is 0 Å². The molecular formula is C18H21FN2O3S. The molecule has 0 atom stereocenters. The van der Waals surface area contributed by atoms with Crippen molar-refractivity contribution in [1.82, 2.24) is 5.32 Å². The zero-order valence-electron chi connectivity index (χ0n) is 14.2. The Morgan fingerprint density at radius 3 is 2.24 bits per heavy atom. The third kappa shape index (κ3) is 5.86. The molecule has 7 heteroatoms. The Bertz CT molecular complexity index is 818. The molecule has 2 aromatic rings. The summed E-state index contributed by atoms with van der Waals surface area (Å²) in [6.45, 7) is 2.36. The molecule has 134 valence electrons. The number of hydrogen-bond acceptors (Lipinski definition) is 3. The summed E-state index contributed by atoms with van der Waals surface area (Å²) in [5.74, 6) is -0.704.